The van der Waals surface area contributed by atoms with Gasteiger partial charge >= 0.3 is 0 Å². The zero-order valence-corrected chi connectivity index (χ0v) is 15.3. The van der Waals surface area contributed by atoms with Crippen LogP contribution in [0.4, 0.5) is 17.1 Å². The van der Waals surface area contributed by atoms with Crippen LogP contribution in [-0.4, -0.2) is 45.4 Å². The lowest BCUT2D eigenvalue weighted by Gasteiger charge is -2.29. The predicted octanol–water partition coefficient (Wildman–Crippen LogP) is 3.39. The van der Waals surface area contributed by atoms with Gasteiger partial charge in [-0.15, -0.1) is 0 Å². The van der Waals surface area contributed by atoms with Crippen LogP contribution in [0.2, 0.25) is 0 Å². The highest BCUT2D eigenvalue weighted by Gasteiger charge is 2.14. The maximum Gasteiger partial charge on any atom is 0.0731 e. The van der Waals surface area contributed by atoms with Crippen LogP contribution in [0.1, 0.15) is 0 Å². The van der Waals surface area contributed by atoms with E-state index in [2.05, 4.69) is 40.1 Å². The van der Waals surface area contributed by atoms with Gasteiger partial charge in [0, 0.05) is 55.2 Å². The summed E-state index contributed by atoms with van der Waals surface area (Å²) in [6, 6.07) is 16.6. The highest BCUT2D eigenvalue weighted by Crippen LogP contribution is 2.32. The molecule has 4 rings (SSSR count). The molecule has 2 aromatic carbocycles. The standard InChI is InChI=1S/C21H24N4O/c1-24(2)21-14-20(23-19-7-6-16(22)13-18(19)21)15-4-3-5-17(12-15)25-8-10-26-11-9-25/h3-7,12-14H,8-11,22H2,1-2H3. The number of ether oxygens (including phenoxy) is 1. The smallest absolute Gasteiger partial charge is 0.0731 e. The summed E-state index contributed by atoms with van der Waals surface area (Å²) in [5.41, 5.74) is 12.1. The second-order valence-corrected chi connectivity index (χ2v) is 6.85. The maximum atomic E-state index is 5.98. The van der Waals surface area contributed by atoms with Crippen molar-refractivity contribution in [3.63, 3.8) is 0 Å². The molecule has 0 unspecified atom stereocenters. The molecule has 1 aromatic heterocycles. The molecule has 5 heteroatoms. The molecule has 0 spiro atoms. The predicted molar refractivity (Wildman–Crippen MR) is 109 cm³/mol. The highest BCUT2D eigenvalue weighted by molar-refractivity contribution is 5.96. The third kappa shape index (κ3) is 3.18. The van der Waals surface area contributed by atoms with E-state index in [1.54, 1.807) is 0 Å². The molecule has 26 heavy (non-hydrogen) atoms. The van der Waals surface area contributed by atoms with Crippen molar-refractivity contribution in [1.29, 1.82) is 0 Å². The summed E-state index contributed by atoms with van der Waals surface area (Å²) in [6.45, 7) is 3.42. The van der Waals surface area contributed by atoms with Crippen LogP contribution in [0.5, 0.6) is 0 Å². The molecule has 0 saturated carbocycles. The molecule has 0 radical (unpaired) electrons. The van der Waals surface area contributed by atoms with Crippen molar-refractivity contribution in [2.24, 2.45) is 0 Å². The van der Waals surface area contributed by atoms with Gasteiger partial charge in [-0.05, 0) is 36.4 Å². The highest BCUT2D eigenvalue weighted by atomic mass is 16.5. The van der Waals surface area contributed by atoms with Gasteiger partial charge in [0.05, 0.1) is 24.4 Å². The van der Waals surface area contributed by atoms with Crippen molar-refractivity contribution < 1.29 is 4.74 Å². The lowest BCUT2D eigenvalue weighted by molar-refractivity contribution is 0.122. The van der Waals surface area contributed by atoms with E-state index in [4.69, 9.17) is 15.5 Å². The Labute approximate surface area is 154 Å². The number of pyridine rings is 1. The number of hydrogen-bond donors (Lipinski definition) is 1. The van der Waals surface area contributed by atoms with Crippen LogP contribution in [0.15, 0.2) is 48.5 Å². The first-order valence-corrected chi connectivity index (χ1v) is 8.92. The third-order valence-electron chi connectivity index (χ3n) is 4.81. The summed E-state index contributed by atoms with van der Waals surface area (Å²) in [5.74, 6) is 0. The Balaban J connectivity index is 1.80. The van der Waals surface area contributed by atoms with Crippen molar-refractivity contribution in [3.8, 4) is 11.3 Å². The second kappa shape index (κ2) is 6.84. The molecule has 5 nitrogen and oxygen atoms in total. The van der Waals surface area contributed by atoms with E-state index in [0.29, 0.717) is 0 Å². The van der Waals surface area contributed by atoms with E-state index < -0.39 is 0 Å². The quantitative estimate of drug-likeness (QED) is 0.736. The molecule has 3 aromatic rings. The zero-order valence-electron chi connectivity index (χ0n) is 15.3. The van der Waals surface area contributed by atoms with E-state index in [1.165, 1.54) is 5.69 Å². The van der Waals surface area contributed by atoms with Gasteiger partial charge in [-0.1, -0.05) is 12.1 Å². The van der Waals surface area contributed by atoms with Crippen LogP contribution in [0, 0.1) is 0 Å². The van der Waals surface area contributed by atoms with Crippen LogP contribution >= 0.6 is 0 Å². The van der Waals surface area contributed by atoms with Gasteiger partial charge in [-0.3, -0.25) is 0 Å². The molecule has 2 heterocycles. The molecule has 0 bridgehead atoms. The molecule has 1 fully saturated rings. The number of fused-ring (bicyclic) bond motifs is 1. The normalized spacial score (nSPS) is 14.6. The Morgan fingerprint density at radius 3 is 2.62 bits per heavy atom. The number of rotatable bonds is 3. The minimum atomic E-state index is 0.754. The summed E-state index contributed by atoms with van der Waals surface area (Å²) >= 11 is 0. The number of nitrogen functional groups attached to an aromatic ring is 1. The molecule has 1 aliphatic heterocycles. The number of nitrogens with two attached hydrogens (primary N) is 1. The van der Waals surface area contributed by atoms with Gasteiger partial charge < -0.3 is 20.3 Å². The molecule has 1 aliphatic rings. The van der Waals surface area contributed by atoms with Crippen molar-refractivity contribution in [1.82, 2.24) is 4.98 Å². The van der Waals surface area contributed by atoms with Crippen molar-refractivity contribution in [2.75, 3.05) is 55.9 Å². The van der Waals surface area contributed by atoms with Crippen LogP contribution < -0.4 is 15.5 Å². The van der Waals surface area contributed by atoms with Crippen molar-refractivity contribution in [3.05, 3.63) is 48.5 Å². The van der Waals surface area contributed by atoms with E-state index in [0.717, 1.165) is 59.8 Å². The molecule has 0 atom stereocenters. The number of benzene rings is 2. The third-order valence-corrected chi connectivity index (χ3v) is 4.81. The van der Waals surface area contributed by atoms with Crippen LogP contribution in [-0.2, 0) is 4.74 Å². The Bertz CT molecular complexity index is 932. The van der Waals surface area contributed by atoms with Gasteiger partial charge in [0.15, 0.2) is 0 Å². The fourth-order valence-corrected chi connectivity index (χ4v) is 3.43. The molecular formula is C21H24N4O. The van der Waals surface area contributed by atoms with E-state index in [9.17, 15) is 0 Å². The fraction of sp³-hybridized carbons (Fsp3) is 0.286. The molecule has 2 N–H and O–H groups in total. The Morgan fingerprint density at radius 2 is 1.85 bits per heavy atom. The van der Waals surface area contributed by atoms with Gasteiger partial charge in [-0.2, -0.15) is 0 Å². The Morgan fingerprint density at radius 1 is 1.04 bits per heavy atom. The second-order valence-electron chi connectivity index (χ2n) is 6.85. The summed E-state index contributed by atoms with van der Waals surface area (Å²) in [5, 5.41) is 1.07. The number of morpholine rings is 1. The molecular weight excluding hydrogens is 324 g/mol. The first kappa shape index (κ1) is 16.7. The summed E-state index contributed by atoms with van der Waals surface area (Å²) in [4.78, 5) is 9.36. The van der Waals surface area contributed by atoms with E-state index >= 15 is 0 Å². The van der Waals surface area contributed by atoms with E-state index in [1.807, 2.05) is 32.3 Å². The maximum absolute atomic E-state index is 5.98. The lowest BCUT2D eigenvalue weighted by Crippen LogP contribution is -2.36. The SMILES string of the molecule is CN(C)c1cc(-c2cccc(N3CCOCC3)c2)nc2ccc(N)cc12. The monoisotopic (exact) mass is 348 g/mol. The zero-order chi connectivity index (χ0) is 18.1. The van der Waals surface area contributed by atoms with Gasteiger partial charge in [0.2, 0.25) is 0 Å². The van der Waals surface area contributed by atoms with Crippen LogP contribution in [0.25, 0.3) is 22.2 Å². The average Bonchev–Trinajstić information content (AvgIpc) is 2.68. The molecule has 134 valence electrons. The molecule has 0 amide bonds. The minimum Gasteiger partial charge on any atom is -0.399 e. The average molecular weight is 348 g/mol. The summed E-state index contributed by atoms with van der Waals surface area (Å²) < 4.78 is 5.47. The van der Waals surface area contributed by atoms with Gasteiger partial charge in [-0.25, -0.2) is 4.98 Å². The number of nitrogens with zero attached hydrogens (tertiary/aromatic N) is 3. The van der Waals surface area contributed by atoms with Crippen molar-refractivity contribution in [2.45, 2.75) is 0 Å². The lowest BCUT2D eigenvalue weighted by atomic mass is 10.1. The molecule has 0 aliphatic carbocycles. The van der Waals surface area contributed by atoms with Crippen LogP contribution in [0.3, 0.4) is 0 Å². The fourth-order valence-electron chi connectivity index (χ4n) is 3.43. The molecule has 1 saturated heterocycles. The minimum absolute atomic E-state index is 0.754. The topological polar surface area (TPSA) is 54.6 Å². The van der Waals surface area contributed by atoms with E-state index in [-0.39, 0.29) is 0 Å². The first-order chi connectivity index (χ1) is 12.6. The van der Waals surface area contributed by atoms with Crippen molar-refractivity contribution >= 4 is 28.0 Å². The van der Waals surface area contributed by atoms with Gasteiger partial charge in [0.1, 0.15) is 0 Å². The number of aromatic nitrogens is 1. The number of hydrogen-bond acceptors (Lipinski definition) is 5. The Hall–Kier alpha value is -2.79. The summed E-state index contributed by atoms with van der Waals surface area (Å²) in [7, 11) is 4.10. The Kier molecular flexibility index (Phi) is 4.39. The first-order valence-electron chi connectivity index (χ1n) is 8.92. The van der Waals surface area contributed by atoms with Gasteiger partial charge in [0.25, 0.3) is 0 Å². The largest absolute Gasteiger partial charge is 0.399 e. The summed E-state index contributed by atoms with van der Waals surface area (Å²) in [6.07, 6.45) is 0. The number of anilines is 3.